The first-order valence-corrected chi connectivity index (χ1v) is 6.13. The van der Waals surface area contributed by atoms with Crippen LogP contribution in [0.25, 0.3) is 5.65 Å². The Morgan fingerprint density at radius 2 is 2.16 bits per heavy atom. The Balaban J connectivity index is 2.67. The van der Waals surface area contributed by atoms with E-state index < -0.39 is 5.97 Å². The third kappa shape index (κ3) is 2.38. The van der Waals surface area contributed by atoms with Crippen LogP contribution in [0, 0.1) is 0 Å². The summed E-state index contributed by atoms with van der Waals surface area (Å²) in [5.41, 5.74) is 0.700. The molecule has 19 heavy (non-hydrogen) atoms. The van der Waals surface area contributed by atoms with Crippen LogP contribution in [0.3, 0.4) is 0 Å². The van der Waals surface area contributed by atoms with Crippen LogP contribution in [0.2, 0.25) is 0 Å². The molecule has 0 spiro atoms. The zero-order valence-corrected chi connectivity index (χ0v) is 11.5. The van der Waals surface area contributed by atoms with E-state index in [9.17, 15) is 9.59 Å². The Morgan fingerprint density at radius 3 is 2.74 bits per heavy atom. The van der Waals surface area contributed by atoms with Gasteiger partial charge in [0.1, 0.15) is 5.56 Å². The van der Waals surface area contributed by atoms with E-state index in [1.807, 2.05) is 20.8 Å². The normalized spacial score (nSPS) is 11.8. The van der Waals surface area contributed by atoms with Crippen LogP contribution in [0.15, 0.2) is 17.1 Å². The summed E-state index contributed by atoms with van der Waals surface area (Å²) in [6, 6.07) is 1.47. The van der Waals surface area contributed by atoms with Gasteiger partial charge in [0.2, 0.25) is 0 Å². The fourth-order valence-corrected chi connectivity index (χ4v) is 1.72. The number of nitrogens with one attached hydrogen (secondary N) is 1. The van der Waals surface area contributed by atoms with E-state index in [4.69, 9.17) is 4.74 Å². The molecule has 0 aliphatic heterocycles. The van der Waals surface area contributed by atoms with Crippen molar-refractivity contribution in [2.24, 2.45) is 0 Å². The molecule has 0 atom stereocenters. The molecule has 0 aliphatic carbocycles. The number of carbonyl (C=O) groups excluding carboxylic acids is 1. The predicted molar refractivity (Wildman–Crippen MR) is 70.5 cm³/mol. The van der Waals surface area contributed by atoms with Crippen LogP contribution in [0.1, 0.15) is 43.7 Å². The highest BCUT2D eigenvalue weighted by atomic mass is 16.5. The summed E-state index contributed by atoms with van der Waals surface area (Å²) in [4.78, 5) is 28.2. The van der Waals surface area contributed by atoms with Crippen molar-refractivity contribution in [3.63, 3.8) is 0 Å². The number of hydrogen-bond donors (Lipinski definition) is 1. The van der Waals surface area contributed by atoms with E-state index in [0.717, 1.165) is 0 Å². The van der Waals surface area contributed by atoms with E-state index in [1.165, 1.54) is 16.8 Å². The molecule has 0 bridgehead atoms. The molecule has 0 saturated heterocycles. The monoisotopic (exact) mass is 263 g/mol. The van der Waals surface area contributed by atoms with Crippen molar-refractivity contribution in [2.75, 3.05) is 6.61 Å². The zero-order chi connectivity index (χ0) is 14.2. The second-order valence-electron chi connectivity index (χ2n) is 5.30. The summed E-state index contributed by atoms with van der Waals surface area (Å²) in [6.45, 7) is 7.89. The van der Waals surface area contributed by atoms with Crippen molar-refractivity contribution in [2.45, 2.75) is 33.1 Å². The fourth-order valence-electron chi connectivity index (χ4n) is 1.72. The molecule has 0 unspecified atom stereocenters. The lowest BCUT2D eigenvalue weighted by Gasteiger charge is -2.17. The molecule has 0 aliphatic rings. The number of ether oxygens (including phenoxy) is 1. The Hall–Kier alpha value is -2.11. The van der Waals surface area contributed by atoms with Crippen LogP contribution in [0.4, 0.5) is 0 Å². The molecule has 0 aromatic carbocycles. The molecule has 102 valence electrons. The molecule has 2 heterocycles. The second kappa shape index (κ2) is 4.53. The Kier molecular flexibility index (Phi) is 3.18. The van der Waals surface area contributed by atoms with Gasteiger partial charge in [-0.1, -0.05) is 20.8 Å². The van der Waals surface area contributed by atoms with E-state index in [0.29, 0.717) is 11.3 Å². The van der Waals surface area contributed by atoms with E-state index >= 15 is 0 Å². The molecular formula is C13H17N3O3. The summed E-state index contributed by atoms with van der Waals surface area (Å²) in [7, 11) is 0. The van der Waals surface area contributed by atoms with E-state index in [2.05, 4.69) is 10.1 Å². The van der Waals surface area contributed by atoms with Gasteiger partial charge in [-0.15, -0.1) is 0 Å². The van der Waals surface area contributed by atoms with Crippen molar-refractivity contribution in [3.8, 4) is 0 Å². The Labute approximate surface area is 110 Å². The highest BCUT2D eigenvalue weighted by Gasteiger charge is 2.21. The van der Waals surface area contributed by atoms with E-state index in [-0.39, 0.29) is 23.1 Å². The molecular weight excluding hydrogens is 246 g/mol. The Bertz CT molecular complexity index is 676. The van der Waals surface area contributed by atoms with Crippen LogP contribution in [0.5, 0.6) is 0 Å². The van der Waals surface area contributed by atoms with Gasteiger partial charge in [-0.05, 0) is 6.92 Å². The molecule has 0 amide bonds. The standard InChI is InChI=1S/C13H17N3O3/c1-5-19-12(18)8-7-14-16-10(17)6-9(13(2,3)4)15-11(8)16/h6-7,14H,5H2,1-4H3. The van der Waals surface area contributed by atoms with Crippen LogP contribution >= 0.6 is 0 Å². The summed E-state index contributed by atoms with van der Waals surface area (Å²) in [6.07, 6.45) is 1.44. The van der Waals surface area contributed by atoms with E-state index in [1.54, 1.807) is 6.92 Å². The molecule has 0 fully saturated rings. The van der Waals surface area contributed by atoms with Gasteiger partial charge in [0.15, 0.2) is 5.65 Å². The smallest absolute Gasteiger partial charge is 0.343 e. The number of carbonyl (C=O) groups is 1. The number of H-pyrrole nitrogens is 1. The summed E-state index contributed by atoms with van der Waals surface area (Å²) >= 11 is 0. The van der Waals surface area contributed by atoms with Crippen molar-refractivity contribution in [1.82, 2.24) is 14.6 Å². The Morgan fingerprint density at radius 1 is 1.47 bits per heavy atom. The van der Waals surface area contributed by atoms with Gasteiger partial charge in [-0.2, -0.15) is 0 Å². The number of hydrogen-bond acceptors (Lipinski definition) is 4. The molecule has 0 radical (unpaired) electrons. The van der Waals surface area contributed by atoms with Gasteiger partial charge in [0, 0.05) is 17.7 Å². The highest BCUT2D eigenvalue weighted by Crippen LogP contribution is 2.20. The molecule has 2 aromatic heterocycles. The van der Waals surface area contributed by atoms with Crippen molar-refractivity contribution >= 4 is 11.6 Å². The fraction of sp³-hybridized carbons (Fsp3) is 0.462. The molecule has 2 rings (SSSR count). The average molecular weight is 263 g/mol. The van der Waals surface area contributed by atoms with Crippen LogP contribution < -0.4 is 5.56 Å². The molecule has 0 saturated carbocycles. The lowest BCUT2D eigenvalue weighted by atomic mass is 9.92. The topological polar surface area (TPSA) is 76.5 Å². The number of fused-ring (bicyclic) bond motifs is 1. The minimum atomic E-state index is -0.487. The largest absolute Gasteiger partial charge is 0.462 e. The molecule has 6 nitrogen and oxygen atoms in total. The van der Waals surface area contributed by atoms with Gasteiger partial charge in [-0.25, -0.2) is 14.3 Å². The number of rotatable bonds is 2. The first kappa shape index (κ1) is 13.3. The number of aromatic amines is 1. The first-order valence-electron chi connectivity index (χ1n) is 6.13. The summed E-state index contributed by atoms with van der Waals surface area (Å²) in [5, 5.41) is 2.72. The predicted octanol–water partition coefficient (Wildman–Crippen LogP) is 1.50. The van der Waals surface area contributed by atoms with Crippen LogP contribution in [-0.4, -0.2) is 27.2 Å². The number of esters is 1. The SMILES string of the molecule is CCOC(=O)c1c[nH]n2c(=O)cc(C(C)(C)C)nc12. The minimum Gasteiger partial charge on any atom is -0.462 e. The lowest BCUT2D eigenvalue weighted by Crippen LogP contribution is -2.22. The lowest BCUT2D eigenvalue weighted by molar-refractivity contribution is 0.0528. The van der Waals surface area contributed by atoms with Gasteiger partial charge >= 0.3 is 5.97 Å². The maximum Gasteiger partial charge on any atom is 0.343 e. The van der Waals surface area contributed by atoms with Crippen molar-refractivity contribution in [3.05, 3.63) is 33.9 Å². The first-order chi connectivity index (χ1) is 8.84. The quantitative estimate of drug-likeness (QED) is 0.833. The highest BCUT2D eigenvalue weighted by molar-refractivity contribution is 5.95. The molecule has 6 heteroatoms. The summed E-state index contributed by atoms with van der Waals surface area (Å²) in [5.74, 6) is -0.487. The van der Waals surface area contributed by atoms with Crippen LogP contribution in [-0.2, 0) is 10.2 Å². The minimum absolute atomic E-state index is 0.245. The van der Waals surface area contributed by atoms with Gasteiger partial charge in [0.05, 0.1) is 12.3 Å². The number of aromatic nitrogens is 3. The summed E-state index contributed by atoms with van der Waals surface area (Å²) < 4.78 is 6.18. The maximum atomic E-state index is 12.0. The average Bonchev–Trinajstić information content (AvgIpc) is 2.72. The molecule has 2 aromatic rings. The second-order valence-corrected chi connectivity index (χ2v) is 5.30. The van der Waals surface area contributed by atoms with Crippen molar-refractivity contribution < 1.29 is 9.53 Å². The third-order valence-corrected chi connectivity index (χ3v) is 2.76. The number of nitrogens with zero attached hydrogens (tertiary/aromatic N) is 2. The zero-order valence-electron chi connectivity index (χ0n) is 11.5. The van der Waals surface area contributed by atoms with Gasteiger partial charge in [0.25, 0.3) is 5.56 Å². The van der Waals surface area contributed by atoms with Gasteiger partial charge < -0.3 is 4.74 Å². The van der Waals surface area contributed by atoms with Crippen molar-refractivity contribution in [1.29, 1.82) is 0 Å². The maximum absolute atomic E-state index is 12.0. The molecule has 1 N–H and O–H groups in total. The van der Waals surface area contributed by atoms with Gasteiger partial charge in [-0.3, -0.25) is 9.89 Å². The third-order valence-electron chi connectivity index (χ3n) is 2.76.